The average molecular weight is 694 g/mol. The summed E-state index contributed by atoms with van der Waals surface area (Å²) in [6.45, 7) is 0. The molecule has 0 saturated heterocycles. The molecule has 0 unspecified atom stereocenters. The molecule has 0 aliphatic carbocycles. The first-order chi connectivity index (χ1) is 26.3. The Morgan fingerprint density at radius 3 is 1.53 bits per heavy atom. The maximum absolute atomic E-state index is 5.28. The highest BCUT2D eigenvalue weighted by molar-refractivity contribution is 7.26. The number of fused-ring (bicyclic) bond motifs is 4. The van der Waals surface area contributed by atoms with Gasteiger partial charge in [0.05, 0.1) is 0 Å². The summed E-state index contributed by atoms with van der Waals surface area (Å²) in [6, 6.07) is 66.3. The highest BCUT2D eigenvalue weighted by Crippen LogP contribution is 2.41. The average Bonchev–Trinajstić information content (AvgIpc) is 3.63. The smallest absolute Gasteiger partial charge is 0.165 e. The Morgan fingerprint density at radius 2 is 0.774 bits per heavy atom. The van der Waals surface area contributed by atoms with E-state index in [1.807, 2.05) is 6.07 Å². The molecule has 3 nitrogen and oxygen atoms in total. The molecule has 0 fully saturated rings. The van der Waals surface area contributed by atoms with Gasteiger partial charge in [-0.15, -0.1) is 11.3 Å². The van der Waals surface area contributed by atoms with Crippen LogP contribution in [0.25, 0.3) is 98.5 Å². The van der Waals surface area contributed by atoms with E-state index in [0.717, 1.165) is 33.0 Å². The third kappa shape index (κ3) is 5.66. The number of hydrogen-bond donors (Lipinski definition) is 0. The Bertz CT molecular complexity index is 2930. The van der Waals surface area contributed by atoms with Crippen molar-refractivity contribution in [3.63, 3.8) is 0 Å². The van der Waals surface area contributed by atoms with Crippen molar-refractivity contribution in [1.29, 1.82) is 0 Å². The Labute approximate surface area is 311 Å². The van der Waals surface area contributed by atoms with Gasteiger partial charge in [0.2, 0.25) is 0 Å². The zero-order valence-corrected chi connectivity index (χ0v) is 29.5. The third-order valence-corrected chi connectivity index (χ3v) is 11.2. The van der Waals surface area contributed by atoms with Crippen LogP contribution in [-0.2, 0) is 0 Å². The minimum Gasteiger partial charge on any atom is -0.208 e. The van der Waals surface area contributed by atoms with Crippen molar-refractivity contribution in [2.45, 2.75) is 0 Å². The fraction of sp³-hybridized carbons (Fsp3) is 0. The van der Waals surface area contributed by atoms with Crippen LogP contribution in [0.1, 0.15) is 0 Å². The van der Waals surface area contributed by atoms with E-state index in [1.54, 1.807) is 11.3 Å². The summed E-state index contributed by atoms with van der Waals surface area (Å²) < 4.78 is 2.42. The first-order valence-electron chi connectivity index (χ1n) is 17.8. The van der Waals surface area contributed by atoms with Crippen molar-refractivity contribution >= 4 is 42.3 Å². The number of thiophene rings is 1. The lowest BCUT2D eigenvalue weighted by atomic mass is 9.93. The first kappa shape index (κ1) is 31.0. The maximum atomic E-state index is 5.28. The molecule has 0 bridgehead atoms. The van der Waals surface area contributed by atoms with Gasteiger partial charge in [0, 0.05) is 36.9 Å². The van der Waals surface area contributed by atoms with E-state index in [4.69, 9.17) is 15.0 Å². The minimum absolute atomic E-state index is 0.645. The second-order valence-corrected chi connectivity index (χ2v) is 14.2. The van der Waals surface area contributed by atoms with Crippen LogP contribution < -0.4 is 0 Å². The summed E-state index contributed by atoms with van der Waals surface area (Å²) >= 11 is 1.79. The molecule has 2 heterocycles. The van der Waals surface area contributed by atoms with Gasteiger partial charge in [-0.05, 0) is 68.4 Å². The molecular formula is C49H31N3S. The molecule has 0 spiro atoms. The van der Waals surface area contributed by atoms with E-state index in [0.29, 0.717) is 17.5 Å². The zero-order valence-electron chi connectivity index (χ0n) is 28.6. The molecule has 0 radical (unpaired) electrons. The molecule has 53 heavy (non-hydrogen) atoms. The summed E-state index contributed by atoms with van der Waals surface area (Å²) in [5, 5.41) is 4.71. The molecule has 10 aromatic rings. The fourth-order valence-corrected chi connectivity index (χ4v) is 8.57. The van der Waals surface area contributed by atoms with Gasteiger partial charge in [-0.2, -0.15) is 0 Å². The maximum Gasteiger partial charge on any atom is 0.165 e. The largest absolute Gasteiger partial charge is 0.208 e. The van der Waals surface area contributed by atoms with Crippen LogP contribution in [0.5, 0.6) is 0 Å². The predicted molar refractivity (Wildman–Crippen MR) is 223 cm³/mol. The van der Waals surface area contributed by atoms with Crippen LogP contribution in [0, 0.1) is 0 Å². The molecule has 0 aliphatic rings. The van der Waals surface area contributed by atoms with Gasteiger partial charge in [0.1, 0.15) is 0 Å². The molecule has 2 aromatic heterocycles. The third-order valence-electron chi connectivity index (χ3n) is 9.98. The number of aromatic nitrogens is 3. The van der Waals surface area contributed by atoms with E-state index in [9.17, 15) is 0 Å². The standard InChI is InChI=1S/C49H31N3S/c1-3-13-32(14-4-1)34-25-27-35(28-26-34)47-50-48(52-49(51-47)44-23-12-22-42-41-21-9-10-24-45(41)53-46(42)44)43-30-29-38(39-19-7-8-20-40(39)43)37-18-11-17-36(31-37)33-15-5-2-6-16-33/h1-31H. The first-order valence-corrected chi connectivity index (χ1v) is 18.6. The van der Waals surface area contributed by atoms with E-state index in [1.165, 1.54) is 48.0 Å². The second kappa shape index (κ2) is 13.1. The Balaban J connectivity index is 1.16. The van der Waals surface area contributed by atoms with E-state index < -0.39 is 0 Å². The normalized spacial score (nSPS) is 11.4. The monoisotopic (exact) mass is 693 g/mol. The molecule has 8 aromatic carbocycles. The highest BCUT2D eigenvalue weighted by atomic mass is 32.1. The molecule has 0 amide bonds. The van der Waals surface area contributed by atoms with Crippen molar-refractivity contribution in [2.75, 3.05) is 0 Å². The Morgan fingerprint density at radius 1 is 0.283 bits per heavy atom. The van der Waals surface area contributed by atoms with Gasteiger partial charge in [-0.1, -0.05) is 164 Å². The van der Waals surface area contributed by atoms with Crippen molar-refractivity contribution in [2.24, 2.45) is 0 Å². The minimum atomic E-state index is 0.645. The van der Waals surface area contributed by atoms with Gasteiger partial charge >= 0.3 is 0 Å². The van der Waals surface area contributed by atoms with Gasteiger partial charge in [-0.3, -0.25) is 0 Å². The fourth-order valence-electron chi connectivity index (χ4n) is 7.35. The predicted octanol–water partition coefficient (Wildman–Crippen LogP) is 13.4. The molecule has 248 valence electrons. The van der Waals surface area contributed by atoms with Crippen LogP contribution in [0.15, 0.2) is 188 Å². The molecule has 0 atom stereocenters. The van der Waals surface area contributed by atoms with Gasteiger partial charge < -0.3 is 0 Å². The second-order valence-electron chi connectivity index (χ2n) is 13.2. The molecular weight excluding hydrogens is 663 g/mol. The summed E-state index contributed by atoms with van der Waals surface area (Å²) in [4.78, 5) is 15.7. The van der Waals surface area contributed by atoms with Crippen molar-refractivity contribution in [1.82, 2.24) is 15.0 Å². The van der Waals surface area contributed by atoms with Crippen molar-refractivity contribution in [3.05, 3.63) is 188 Å². The quantitative estimate of drug-likeness (QED) is 0.174. The number of hydrogen-bond acceptors (Lipinski definition) is 4. The molecule has 10 rings (SSSR count). The van der Waals surface area contributed by atoms with Crippen molar-refractivity contribution in [3.8, 4) is 67.5 Å². The zero-order chi connectivity index (χ0) is 35.1. The molecule has 0 N–H and O–H groups in total. The van der Waals surface area contributed by atoms with Crippen LogP contribution in [-0.4, -0.2) is 15.0 Å². The summed E-state index contributed by atoms with van der Waals surface area (Å²) in [7, 11) is 0. The Hall–Kier alpha value is -6.75. The van der Waals surface area contributed by atoms with Crippen LogP contribution in [0.4, 0.5) is 0 Å². The van der Waals surface area contributed by atoms with Gasteiger partial charge in [0.25, 0.3) is 0 Å². The molecule has 0 saturated carbocycles. The lowest BCUT2D eigenvalue weighted by Crippen LogP contribution is -2.01. The van der Waals surface area contributed by atoms with Crippen molar-refractivity contribution < 1.29 is 0 Å². The molecule has 4 heteroatoms. The van der Waals surface area contributed by atoms with E-state index >= 15 is 0 Å². The van der Waals surface area contributed by atoms with E-state index in [-0.39, 0.29) is 0 Å². The summed E-state index contributed by atoms with van der Waals surface area (Å²) in [6.07, 6.45) is 0. The molecule has 0 aliphatic heterocycles. The SMILES string of the molecule is c1ccc(-c2ccc(-c3nc(-c4ccc(-c5cccc(-c6ccccc6)c5)c5ccccc45)nc(-c4cccc5c4sc4ccccc45)n3)cc2)cc1. The summed E-state index contributed by atoms with van der Waals surface area (Å²) in [5.74, 6) is 1.96. The topological polar surface area (TPSA) is 38.7 Å². The van der Waals surface area contributed by atoms with E-state index in [2.05, 4.69) is 182 Å². The Kier molecular flexibility index (Phi) is 7.67. The summed E-state index contributed by atoms with van der Waals surface area (Å²) in [5.41, 5.74) is 9.97. The number of nitrogens with zero attached hydrogens (tertiary/aromatic N) is 3. The lowest BCUT2D eigenvalue weighted by molar-refractivity contribution is 1.08. The highest BCUT2D eigenvalue weighted by Gasteiger charge is 2.19. The van der Waals surface area contributed by atoms with Crippen LogP contribution in [0.3, 0.4) is 0 Å². The van der Waals surface area contributed by atoms with Crippen LogP contribution >= 0.6 is 11.3 Å². The van der Waals surface area contributed by atoms with Crippen LogP contribution in [0.2, 0.25) is 0 Å². The number of rotatable bonds is 6. The number of benzene rings is 8. The lowest BCUT2D eigenvalue weighted by Gasteiger charge is -2.14. The van der Waals surface area contributed by atoms with Gasteiger partial charge in [0.15, 0.2) is 17.5 Å². The van der Waals surface area contributed by atoms with Gasteiger partial charge in [-0.25, -0.2) is 15.0 Å².